The van der Waals surface area contributed by atoms with Crippen molar-refractivity contribution in [1.82, 2.24) is 29.6 Å². The SMILES string of the molecule is O=C(c1cnccn1)N1Cc2ccnn2C[C@@H](CNc2ccccn2)C1. The first-order valence-corrected chi connectivity index (χ1v) is 8.50. The van der Waals surface area contributed by atoms with Crippen LogP contribution in [0.1, 0.15) is 16.2 Å². The summed E-state index contributed by atoms with van der Waals surface area (Å²) in [4.78, 5) is 27.1. The number of fused-ring (bicyclic) bond motifs is 1. The van der Waals surface area contributed by atoms with Gasteiger partial charge in [0.05, 0.1) is 18.4 Å². The summed E-state index contributed by atoms with van der Waals surface area (Å²) < 4.78 is 1.97. The third kappa shape index (κ3) is 3.53. The molecular formula is C18H19N7O. The lowest BCUT2D eigenvalue weighted by atomic mass is 10.1. The second-order valence-corrected chi connectivity index (χ2v) is 6.24. The van der Waals surface area contributed by atoms with Crippen LogP contribution in [-0.2, 0) is 13.1 Å². The number of carbonyl (C=O) groups is 1. The molecule has 3 aromatic rings. The molecule has 0 spiro atoms. The molecule has 4 heterocycles. The highest BCUT2D eigenvalue weighted by atomic mass is 16.2. The van der Waals surface area contributed by atoms with Gasteiger partial charge in [0.25, 0.3) is 5.91 Å². The monoisotopic (exact) mass is 349 g/mol. The molecule has 1 atom stereocenters. The van der Waals surface area contributed by atoms with Crippen LogP contribution in [0, 0.1) is 5.92 Å². The molecular weight excluding hydrogens is 330 g/mol. The number of hydrogen-bond acceptors (Lipinski definition) is 6. The van der Waals surface area contributed by atoms with Crippen molar-refractivity contribution in [2.24, 2.45) is 5.92 Å². The zero-order chi connectivity index (χ0) is 17.8. The smallest absolute Gasteiger partial charge is 0.274 e. The summed E-state index contributed by atoms with van der Waals surface area (Å²) in [5, 5.41) is 7.74. The summed E-state index contributed by atoms with van der Waals surface area (Å²) >= 11 is 0. The first-order valence-electron chi connectivity index (χ1n) is 8.50. The molecule has 0 aliphatic carbocycles. The predicted molar refractivity (Wildman–Crippen MR) is 95.2 cm³/mol. The molecule has 3 aromatic heterocycles. The van der Waals surface area contributed by atoms with Crippen LogP contribution in [0.2, 0.25) is 0 Å². The van der Waals surface area contributed by atoms with Crippen molar-refractivity contribution in [3.8, 4) is 0 Å². The van der Waals surface area contributed by atoms with Crippen LogP contribution in [-0.4, -0.2) is 48.6 Å². The van der Waals surface area contributed by atoms with Gasteiger partial charge in [0.15, 0.2) is 0 Å². The fraction of sp³-hybridized carbons (Fsp3) is 0.278. The van der Waals surface area contributed by atoms with Crippen LogP contribution in [0.15, 0.2) is 55.2 Å². The van der Waals surface area contributed by atoms with E-state index < -0.39 is 0 Å². The average molecular weight is 349 g/mol. The van der Waals surface area contributed by atoms with E-state index in [-0.39, 0.29) is 11.8 Å². The second-order valence-electron chi connectivity index (χ2n) is 6.24. The van der Waals surface area contributed by atoms with Crippen molar-refractivity contribution in [1.29, 1.82) is 0 Å². The van der Waals surface area contributed by atoms with Gasteiger partial charge in [-0.05, 0) is 18.2 Å². The summed E-state index contributed by atoms with van der Waals surface area (Å²) in [5.41, 5.74) is 1.37. The quantitative estimate of drug-likeness (QED) is 0.767. The number of carbonyl (C=O) groups excluding carboxylic acids is 1. The summed E-state index contributed by atoms with van der Waals surface area (Å²) in [6.07, 6.45) is 8.13. The highest BCUT2D eigenvalue weighted by Crippen LogP contribution is 2.18. The van der Waals surface area contributed by atoms with Gasteiger partial charge in [0, 0.05) is 50.3 Å². The Morgan fingerprint density at radius 3 is 2.88 bits per heavy atom. The maximum atomic E-state index is 12.9. The maximum absolute atomic E-state index is 12.9. The van der Waals surface area contributed by atoms with E-state index in [1.54, 1.807) is 18.6 Å². The standard InChI is InChI=1S/C18H19N7O/c26-18(16-10-19-7-8-20-16)24-11-14(9-22-17-3-1-2-5-21-17)12-25-15(13-24)4-6-23-25/h1-8,10,14H,9,11-13H2,(H,21,22)/t14-/m0/s1. The fourth-order valence-corrected chi connectivity index (χ4v) is 3.10. The van der Waals surface area contributed by atoms with E-state index in [0.717, 1.165) is 18.1 Å². The van der Waals surface area contributed by atoms with E-state index in [9.17, 15) is 4.79 Å². The van der Waals surface area contributed by atoms with Crippen LogP contribution in [0.4, 0.5) is 5.82 Å². The van der Waals surface area contributed by atoms with Crippen LogP contribution < -0.4 is 5.32 Å². The fourth-order valence-electron chi connectivity index (χ4n) is 3.10. The number of aromatic nitrogens is 5. The maximum Gasteiger partial charge on any atom is 0.274 e. The van der Waals surface area contributed by atoms with Crippen molar-refractivity contribution in [3.05, 3.63) is 66.6 Å². The van der Waals surface area contributed by atoms with Crippen molar-refractivity contribution in [2.75, 3.05) is 18.4 Å². The Labute approximate surface area is 150 Å². The summed E-state index contributed by atoms with van der Waals surface area (Å²) in [7, 11) is 0. The first-order chi connectivity index (χ1) is 12.8. The number of amides is 1. The zero-order valence-electron chi connectivity index (χ0n) is 14.2. The Bertz CT molecular complexity index is 866. The molecule has 1 amide bonds. The van der Waals surface area contributed by atoms with Crippen molar-refractivity contribution >= 4 is 11.7 Å². The Hall–Kier alpha value is -3.29. The Kier molecular flexibility index (Phi) is 4.55. The molecule has 0 aromatic carbocycles. The largest absolute Gasteiger partial charge is 0.370 e. The number of anilines is 1. The molecule has 132 valence electrons. The lowest BCUT2D eigenvalue weighted by Crippen LogP contribution is -2.36. The highest BCUT2D eigenvalue weighted by molar-refractivity contribution is 5.91. The molecule has 1 N–H and O–H groups in total. The van der Waals surface area contributed by atoms with Crippen molar-refractivity contribution < 1.29 is 4.79 Å². The van der Waals surface area contributed by atoms with Gasteiger partial charge in [-0.2, -0.15) is 5.10 Å². The van der Waals surface area contributed by atoms with Gasteiger partial charge >= 0.3 is 0 Å². The molecule has 0 saturated carbocycles. The Morgan fingerprint density at radius 1 is 1.12 bits per heavy atom. The molecule has 0 unspecified atom stereocenters. The van der Waals surface area contributed by atoms with Gasteiger partial charge in [0.1, 0.15) is 11.5 Å². The molecule has 8 heteroatoms. The van der Waals surface area contributed by atoms with Gasteiger partial charge < -0.3 is 10.2 Å². The van der Waals surface area contributed by atoms with Gasteiger partial charge in [-0.1, -0.05) is 6.07 Å². The molecule has 26 heavy (non-hydrogen) atoms. The van der Waals surface area contributed by atoms with Gasteiger partial charge in [-0.25, -0.2) is 9.97 Å². The lowest BCUT2D eigenvalue weighted by Gasteiger charge is -2.24. The normalized spacial score (nSPS) is 16.6. The molecule has 0 bridgehead atoms. The summed E-state index contributed by atoms with van der Waals surface area (Å²) in [5.74, 6) is 0.901. The molecule has 1 aliphatic heterocycles. The highest BCUT2D eigenvalue weighted by Gasteiger charge is 2.27. The minimum atomic E-state index is -0.115. The number of hydrogen-bond donors (Lipinski definition) is 1. The number of pyridine rings is 1. The molecule has 0 saturated heterocycles. The Balaban J connectivity index is 1.53. The first kappa shape index (κ1) is 16.2. The summed E-state index contributed by atoms with van der Waals surface area (Å²) in [6.45, 7) is 2.56. The third-order valence-electron chi connectivity index (χ3n) is 4.37. The van der Waals surface area contributed by atoms with E-state index in [0.29, 0.717) is 25.3 Å². The van der Waals surface area contributed by atoms with Crippen molar-refractivity contribution in [3.63, 3.8) is 0 Å². The van der Waals surface area contributed by atoms with E-state index in [4.69, 9.17) is 0 Å². The molecule has 8 nitrogen and oxygen atoms in total. The Morgan fingerprint density at radius 2 is 2.08 bits per heavy atom. The van der Waals surface area contributed by atoms with Gasteiger partial charge in [-0.15, -0.1) is 0 Å². The van der Waals surface area contributed by atoms with E-state index >= 15 is 0 Å². The van der Waals surface area contributed by atoms with Crippen LogP contribution in [0.25, 0.3) is 0 Å². The molecule has 0 radical (unpaired) electrons. The van der Waals surface area contributed by atoms with E-state index in [1.165, 1.54) is 12.4 Å². The van der Waals surface area contributed by atoms with E-state index in [1.807, 2.05) is 33.8 Å². The van der Waals surface area contributed by atoms with E-state index in [2.05, 4.69) is 25.4 Å². The van der Waals surface area contributed by atoms with Crippen LogP contribution >= 0.6 is 0 Å². The summed E-state index contributed by atoms with van der Waals surface area (Å²) in [6, 6.07) is 7.70. The molecule has 0 fully saturated rings. The van der Waals surface area contributed by atoms with Crippen LogP contribution in [0.5, 0.6) is 0 Å². The third-order valence-corrected chi connectivity index (χ3v) is 4.37. The minimum absolute atomic E-state index is 0.115. The zero-order valence-corrected chi connectivity index (χ0v) is 14.2. The lowest BCUT2D eigenvalue weighted by molar-refractivity contribution is 0.0717. The van der Waals surface area contributed by atoms with Crippen molar-refractivity contribution in [2.45, 2.75) is 13.1 Å². The predicted octanol–water partition coefficient (Wildman–Crippen LogP) is 1.45. The number of nitrogens with zero attached hydrogens (tertiary/aromatic N) is 6. The molecule has 1 aliphatic rings. The average Bonchev–Trinajstić information content (AvgIpc) is 3.05. The number of nitrogens with one attached hydrogen (secondary N) is 1. The van der Waals surface area contributed by atoms with Crippen LogP contribution in [0.3, 0.4) is 0 Å². The van der Waals surface area contributed by atoms with Gasteiger partial charge in [0.2, 0.25) is 0 Å². The topological polar surface area (TPSA) is 88.8 Å². The number of rotatable bonds is 4. The van der Waals surface area contributed by atoms with Gasteiger partial charge in [-0.3, -0.25) is 14.5 Å². The minimum Gasteiger partial charge on any atom is -0.370 e. The second kappa shape index (κ2) is 7.30. The molecule has 4 rings (SSSR count).